The third kappa shape index (κ3) is 3.98. The highest BCUT2D eigenvalue weighted by molar-refractivity contribution is 5.69. The maximum atomic E-state index is 11.2. The highest BCUT2D eigenvalue weighted by atomic mass is 16.4. The summed E-state index contributed by atoms with van der Waals surface area (Å²) >= 11 is 0. The van der Waals surface area contributed by atoms with Gasteiger partial charge < -0.3 is 15.3 Å². The minimum absolute atomic E-state index is 0.194. The van der Waals surface area contributed by atoms with Gasteiger partial charge in [-0.05, 0) is 104 Å². The van der Waals surface area contributed by atoms with Gasteiger partial charge in [0, 0.05) is 0 Å². The lowest BCUT2D eigenvalue weighted by atomic mass is 9.44. The third-order valence-corrected chi connectivity index (χ3v) is 11.1. The van der Waals surface area contributed by atoms with Crippen LogP contribution in [0.5, 0.6) is 0 Å². The molecule has 3 N–H and O–H groups in total. The van der Waals surface area contributed by atoms with Gasteiger partial charge >= 0.3 is 5.97 Å². The summed E-state index contributed by atoms with van der Waals surface area (Å²) in [5, 5.41) is 30.6. The Morgan fingerprint density at radius 3 is 2.29 bits per heavy atom. The molecule has 4 nitrogen and oxygen atoms in total. The van der Waals surface area contributed by atoms with Crippen LogP contribution < -0.4 is 0 Å². The van der Waals surface area contributed by atoms with E-state index >= 15 is 0 Å². The van der Waals surface area contributed by atoms with Gasteiger partial charge in [-0.25, -0.2) is 0 Å². The minimum atomic E-state index is -0.670. The van der Waals surface area contributed by atoms with E-state index in [2.05, 4.69) is 20.8 Å². The molecule has 4 fully saturated rings. The molecule has 4 heteroatoms. The van der Waals surface area contributed by atoms with E-state index in [-0.39, 0.29) is 29.5 Å². The maximum absolute atomic E-state index is 11.2. The van der Waals surface area contributed by atoms with Crippen LogP contribution in [0.1, 0.15) is 98.3 Å². The molecule has 0 radical (unpaired) electrons. The zero-order valence-corrected chi connectivity index (χ0v) is 20.2. The first-order valence-corrected chi connectivity index (χ1v) is 13.2. The second kappa shape index (κ2) is 8.63. The van der Waals surface area contributed by atoms with Crippen molar-refractivity contribution in [2.24, 2.45) is 52.3 Å². The lowest BCUT2D eigenvalue weighted by Gasteiger charge is -2.62. The molecule has 178 valence electrons. The standard InChI is InChI=1S/C27H46O4/c1-16(6-5-7-17(2)25(30)31)20-8-9-21-19-15-24(29)23-14-18(28)10-12-27(23,4)22(19)11-13-26(20,21)3/h16-24,28-29H,5-15H2,1-4H3,(H,30,31)/t16-,17+,18-,19+,20-,21+,22+,23+,24+,26-,27-/m1/s1. The summed E-state index contributed by atoms with van der Waals surface area (Å²) in [6, 6.07) is 0. The first kappa shape index (κ1) is 23.5. The Morgan fingerprint density at radius 1 is 0.903 bits per heavy atom. The molecule has 0 aromatic heterocycles. The van der Waals surface area contributed by atoms with Gasteiger partial charge in [0.25, 0.3) is 0 Å². The van der Waals surface area contributed by atoms with Crippen LogP contribution in [0, 0.1) is 52.3 Å². The number of carboxylic acids is 1. The van der Waals surface area contributed by atoms with Crippen molar-refractivity contribution >= 4 is 5.97 Å². The van der Waals surface area contributed by atoms with Crippen molar-refractivity contribution in [1.82, 2.24) is 0 Å². The Hall–Kier alpha value is -0.610. The van der Waals surface area contributed by atoms with Crippen LogP contribution in [0.4, 0.5) is 0 Å². The Morgan fingerprint density at radius 2 is 1.58 bits per heavy atom. The van der Waals surface area contributed by atoms with E-state index in [0.29, 0.717) is 23.2 Å². The van der Waals surface area contributed by atoms with E-state index < -0.39 is 5.97 Å². The van der Waals surface area contributed by atoms with Gasteiger partial charge in [0.1, 0.15) is 0 Å². The first-order chi connectivity index (χ1) is 14.6. The average molecular weight is 435 g/mol. The van der Waals surface area contributed by atoms with Crippen molar-refractivity contribution in [2.45, 2.75) is 111 Å². The largest absolute Gasteiger partial charge is 0.481 e. The fourth-order valence-electron chi connectivity index (χ4n) is 9.32. The third-order valence-electron chi connectivity index (χ3n) is 11.1. The van der Waals surface area contributed by atoms with Gasteiger partial charge in [-0.3, -0.25) is 4.79 Å². The first-order valence-electron chi connectivity index (χ1n) is 13.2. The molecule has 0 amide bonds. The number of fused-ring (bicyclic) bond motifs is 5. The van der Waals surface area contributed by atoms with E-state index in [4.69, 9.17) is 5.11 Å². The molecule has 0 saturated heterocycles. The average Bonchev–Trinajstić information content (AvgIpc) is 3.06. The SMILES string of the molecule is C[C@H](CCC[C@H](C)C(=O)O)[C@H]1CC[C@H]2[C@@H]3C[C@H](O)[C@@H]4C[C@H](O)CC[C@]4(C)[C@H]3CC[C@]12C. The normalized spacial score (nSPS) is 48.9. The molecule has 0 aromatic carbocycles. The maximum Gasteiger partial charge on any atom is 0.306 e. The number of hydrogen-bond acceptors (Lipinski definition) is 3. The van der Waals surface area contributed by atoms with Crippen molar-refractivity contribution in [1.29, 1.82) is 0 Å². The fraction of sp³-hybridized carbons (Fsp3) is 0.963. The molecule has 0 aromatic rings. The zero-order chi connectivity index (χ0) is 22.6. The van der Waals surface area contributed by atoms with E-state index in [1.54, 1.807) is 0 Å². The second-order valence-electron chi connectivity index (χ2n) is 12.6. The molecule has 0 spiro atoms. The quantitative estimate of drug-likeness (QED) is 0.515. The van der Waals surface area contributed by atoms with Crippen LogP contribution in [-0.4, -0.2) is 33.5 Å². The molecule has 31 heavy (non-hydrogen) atoms. The van der Waals surface area contributed by atoms with Crippen molar-refractivity contribution in [3.8, 4) is 0 Å². The lowest BCUT2D eigenvalue weighted by molar-refractivity contribution is -0.172. The van der Waals surface area contributed by atoms with Gasteiger partial charge in [0.15, 0.2) is 0 Å². The van der Waals surface area contributed by atoms with E-state index in [0.717, 1.165) is 56.8 Å². The number of aliphatic carboxylic acids is 1. The Kier molecular flexibility index (Phi) is 6.55. The van der Waals surface area contributed by atoms with Crippen LogP contribution in [0.2, 0.25) is 0 Å². The van der Waals surface area contributed by atoms with Crippen LogP contribution in [0.15, 0.2) is 0 Å². The molecule has 4 aliphatic carbocycles. The molecule has 0 heterocycles. The number of carbonyl (C=O) groups is 1. The van der Waals surface area contributed by atoms with Crippen molar-refractivity contribution < 1.29 is 20.1 Å². The second-order valence-corrected chi connectivity index (χ2v) is 12.6. The Bertz CT molecular complexity index is 664. The fourth-order valence-corrected chi connectivity index (χ4v) is 9.32. The summed E-state index contributed by atoms with van der Waals surface area (Å²) in [4.78, 5) is 11.1. The molecule has 0 unspecified atom stereocenters. The topological polar surface area (TPSA) is 77.8 Å². The van der Waals surface area contributed by atoms with Crippen molar-refractivity contribution in [3.05, 3.63) is 0 Å². The molecule has 11 atom stereocenters. The highest BCUT2D eigenvalue weighted by Crippen LogP contribution is 2.68. The van der Waals surface area contributed by atoms with Crippen LogP contribution >= 0.6 is 0 Å². The number of carboxylic acid groups (broad SMARTS) is 1. The number of rotatable bonds is 6. The molecular weight excluding hydrogens is 388 g/mol. The summed E-state index contributed by atoms with van der Waals surface area (Å²) in [6.07, 6.45) is 11.4. The summed E-state index contributed by atoms with van der Waals surface area (Å²) < 4.78 is 0. The summed E-state index contributed by atoms with van der Waals surface area (Å²) in [5.74, 6) is 2.80. The summed E-state index contributed by atoms with van der Waals surface area (Å²) in [5.41, 5.74) is 0.565. The smallest absolute Gasteiger partial charge is 0.306 e. The van der Waals surface area contributed by atoms with Gasteiger partial charge in [-0.15, -0.1) is 0 Å². The monoisotopic (exact) mass is 434 g/mol. The van der Waals surface area contributed by atoms with Gasteiger partial charge in [0.05, 0.1) is 18.1 Å². The molecule has 4 rings (SSSR count). The van der Waals surface area contributed by atoms with Crippen molar-refractivity contribution in [3.63, 3.8) is 0 Å². The molecule has 0 aliphatic heterocycles. The Labute approximate surface area is 189 Å². The minimum Gasteiger partial charge on any atom is -0.481 e. The predicted molar refractivity (Wildman–Crippen MR) is 122 cm³/mol. The molecule has 0 bridgehead atoms. The van der Waals surface area contributed by atoms with Gasteiger partial charge in [-0.2, -0.15) is 0 Å². The van der Waals surface area contributed by atoms with E-state index in [9.17, 15) is 15.0 Å². The predicted octanol–water partition coefficient (Wildman–Crippen LogP) is 5.50. The zero-order valence-electron chi connectivity index (χ0n) is 20.2. The van der Waals surface area contributed by atoms with Crippen molar-refractivity contribution in [2.75, 3.05) is 0 Å². The highest BCUT2D eigenvalue weighted by Gasteiger charge is 2.62. The van der Waals surface area contributed by atoms with E-state index in [1.165, 1.54) is 25.7 Å². The summed E-state index contributed by atoms with van der Waals surface area (Å²) in [6.45, 7) is 9.22. The molecule has 4 saturated carbocycles. The lowest BCUT2D eigenvalue weighted by Crippen LogP contribution is -2.58. The van der Waals surface area contributed by atoms with Crippen LogP contribution in [0.3, 0.4) is 0 Å². The van der Waals surface area contributed by atoms with E-state index in [1.807, 2.05) is 6.92 Å². The molecule has 4 aliphatic rings. The summed E-state index contributed by atoms with van der Waals surface area (Å²) in [7, 11) is 0. The van der Waals surface area contributed by atoms with Gasteiger partial charge in [0.2, 0.25) is 0 Å². The number of aliphatic hydroxyl groups is 2. The van der Waals surface area contributed by atoms with Crippen LogP contribution in [-0.2, 0) is 4.79 Å². The number of aliphatic hydroxyl groups excluding tert-OH is 2. The molecular formula is C27H46O4. The van der Waals surface area contributed by atoms with Crippen LogP contribution in [0.25, 0.3) is 0 Å². The Balaban J connectivity index is 1.45. The van der Waals surface area contributed by atoms with Gasteiger partial charge in [-0.1, -0.05) is 40.5 Å². The number of hydrogen-bond donors (Lipinski definition) is 3.